The van der Waals surface area contributed by atoms with Crippen molar-refractivity contribution >= 4 is 14.8 Å². The Morgan fingerprint density at radius 2 is 1.86 bits per heavy atom. The first-order valence-corrected chi connectivity index (χ1v) is 4.11. The van der Waals surface area contributed by atoms with Crippen LogP contribution in [0.2, 0.25) is 6.32 Å². The predicted molar refractivity (Wildman–Crippen MR) is 58.9 cm³/mol. The SMILES string of the molecule is C=CCB(OC)OC.C=CCO[B]O. The van der Waals surface area contributed by atoms with Gasteiger partial charge >= 0.3 is 14.8 Å². The maximum Gasteiger partial charge on any atom is 0.485 e. The van der Waals surface area contributed by atoms with Crippen molar-refractivity contribution in [2.45, 2.75) is 6.32 Å². The van der Waals surface area contributed by atoms with Gasteiger partial charge in [0, 0.05) is 20.8 Å². The van der Waals surface area contributed by atoms with Crippen LogP contribution in [0.15, 0.2) is 25.3 Å². The summed E-state index contributed by atoms with van der Waals surface area (Å²) in [5, 5.41) is 7.80. The fourth-order valence-electron chi connectivity index (χ4n) is 0.536. The van der Waals surface area contributed by atoms with E-state index in [-0.39, 0.29) is 7.12 Å². The number of allylic oxidation sites excluding steroid dienone is 1. The van der Waals surface area contributed by atoms with Gasteiger partial charge in [0.15, 0.2) is 0 Å². The molecule has 0 bridgehead atoms. The van der Waals surface area contributed by atoms with Crippen LogP contribution in [0, 0.1) is 0 Å². The maximum absolute atomic E-state index is 7.80. The van der Waals surface area contributed by atoms with E-state index in [2.05, 4.69) is 17.8 Å². The molecule has 0 spiro atoms. The summed E-state index contributed by atoms with van der Waals surface area (Å²) in [7, 11) is 3.74. The van der Waals surface area contributed by atoms with E-state index in [9.17, 15) is 0 Å². The molecule has 0 aromatic rings. The summed E-state index contributed by atoms with van der Waals surface area (Å²) in [6, 6.07) is 0. The molecule has 6 heteroatoms. The molecule has 0 aliphatic carbocycles. The highest BCUT2D eigenvalue weighted by molar-refractivity contribution is 6.44. The topological polar surface area (TPSA) is 47.9 Å². The highest BCUT2D eigenvalue weighted by Gasteiger charge is 2.09. The van der Waals surface area contributed by atoms with Gasteiger partial charge in [0.1, 0.15) is 0 Å². The molecule has 0 aromatic heterocycles. The van der Waals surface area contributed by atoms with Gasteiger partial charge < -0.3 is 19.0 Å². The first-order chi connectivity index (χ1) is 6.76. The minimum atomic E-state index is -0.118. The third-order valence-electron chi connectivity index (χ3n) is 1.17. The van der Waals surface area contributed by atoms with Gasteiger partial charge in [-0.25, -0.2) is 0 Å². The van der Waals surface area contributed by atoms with E-state index in [1.165, 1.54) is 0 Å². The average Bonchev–Trinajstić information content (AvgIpc) is 2.24. The Kier molecular flexibility index (Phi) is 17.0. The first kappa shape index (κ1) is 15.9. The molecule has 14 heavy (non-hydrogen) atoms. The quantitative estimate of drug-likeness (QED) is 0.371. The molecule has 0 amide bonds. The summed E-state index contributed by atoms with van der Waals surface area (Å²) in [5.41, 5.74) is 0. The van der Waals surface area contributed by atoms with Crippen LogP contribution in [0.3, 0.4) is 0 Å². The summed E-state index contributed by atoms with van der Waals surface area (Å²) in [6.45, 7) is 7.25. The number of hydrogen-bond acceptors (Lipinski definition) is 4. The molecule has 0 aliphatic rings. The molecule has 4 nitrogen and oxygen atoms in total. The molecule has 79 valence electrons. The van der Waals surface area contributed by atoms with Crippen molar-refractivity contribution in [3.8, 4) is 0 Å². The van der Waals surface area contributed by atoms with E-state index in [0.717, 1.165) is 6.32 Å². The first-order valence-electron chi connectivity index (χ1n) is 4.11. The van der Waals surface area contributed by atoms with Crippen LogP contribution in [0.5, 0.6) is 0 Å². The fourth-order valence-corrected chi connectivity index (χ4v) is 0.536. The van der Waals surface area contributed by atoms with Crippen molar-refractivity contribution in [2.24, 2.45) is 0 Å². The van der Waals surface area contributed by atoms with E-state index in [1.54, 1.807) is 26.4 Å². The third kappa shape index (κ3) is 14.0. The van der Waals surface area contributed by atoms with Crippen molar-refractivity contribution in [3.63, 3.8) is 0 Å². The Bertz CT molecular complexity index is 129. The van der Waals surface area contributed by atoms with Crippen molar-refractivity contribution in [2.75, 3.05) is 20.8 Å². The lowest BCUT2D eigenvalue weighted by atomic mass is 9.85. The zero-order chi connectivity index (χ0) is 11.2. The summed E-state index contributed by atoms with van der Waals surface area (Å²) in [4.78, 5) is 0. The Labute approximate surface area is 87.0 Å². The molecule has 0 heterocycles. The summed E-state index contributed by atoms with van der Waals surface area (Å²) in [5.74, 6) is 0. The van der Waals surface area contributed by atoms with Gasteiger partial charge in [-0.3, -0.25) is 0 Å². The molecular weight excluding hydrogens is 182 g/mol. The Hall–Kier alpha value is -0.550. The fraction of sp³-hybridized carbons (Fsp3) is 0.500. The molecule has 0 aromatic carbocycles. The van der Waals surface area contributed by atoms with Gasteiger partial charge in [0.25, 0.3) is 0 Å². The molecule has 0 saturated carbocycles. The summed E-state index contributed by atoms with van der Waals surface area (Å²) < 4.78 is 14.0. The molecule has 0 unspecified atom stereocenters. The lowest BCUT2D eigenvalue weighted by molar-refractivity contribution is 0.281. The zero-order valence-electron chi connectivity index (χ0n) is 8.81. The van der Waals surface area contributed by atoms with Gasteiger partial charge in [-0.05, 0) is 6.32 Å². The van der Waals surface area contributed by atoms with E-state index in [4.69, 9.17) is 14.3 Å². The van der Waals surface area contributed by atoms with E-state index < -0.39 is 0 Å². The van der Waals surface area contributed by atoms with Crippen LogP contribution in [-0.2, 0) is 14.0 Å². The lowest BCUT2D eigenvalue weighted by Gasteiger charge is -2.02. The van der Waals surface area contributed by atoms with Gasteiger partial charge in [-0.15, -0.1) is 13.2 Å². The van der Waals surface area contributed by atoms with Crippen LogP contribution in [-0.4, -0.2) is 40.7 Å². The molecular formula is C8H17B2O4. The predicted octanol–water partition coefficient (Wildman–Crippen LogP) is 0.669. The summed E-state index contributed by atoms with van der Waals surface area (Å²) >= 11 is 0. The minimum Gasteiger partial charge on any atom is -0.429 e. The molecule has 0 atom stereocenters. The normalized spacial score (nSPS) is 8.21. The average molecular weight is 199 g/mol. The van der Waals surface area contributed by atoms with Gasteiger partial charge in [-0.2, -0.15) is 0 Å². The van der Waals surface area contributed by atoms with Crippen LogP contribution in [0.1, 0.15) is 0 Å². The highest BCUT2D eigenvalue weighted by Crippen LogP contribution is 1.92. The lowest BCUT2D eigenvalue weighted by Crippen LogP contribution is -2.16. The Morgan fingerprint density at radius 3 is 2.00 bits per heavy atom. The second-order valence-corrected chi connectivity index (χ2v) is 2.15. The zero-order valence-corrected chi connectivity index (χ0v) is 8.81. The van der Waals surface area contributed by atoms with Gasteiger partial charge in [-0.1, -0.05) is 12.2 Å². The molecule has 1 radical (unpaired) electrons. The highest BCUT2D eigenvalue weighted by atomic mass is 16.6. The van der Waals surface area contributed by atoms with Crippen molar-refractivity contribution < 1.29 is 19.0 Å². The van der Waals surface area contributed by atoms with Crippen LogP contribution in [0.4, 0.5) is 0 Å². The van der Waals surface area contributed by atoms with Crippen LogP contribution >= 0.6 is 0 Å². The molecule has 1 N–H and O–H groups in total. The maximum atomic E-state index is 7.80. The second kappa shape index (κ2) is 14.9. The van der Waals surface area contributed by atoms with Crippen molar-refractivity contribution in [1.29, 1.82) is 0 Å². The van der Waals surface area contributed by atoms with Crippen molar-refractivity contribution in [1.82, 2.24) is 0 Å². The smallest absolute Gasteiger partial charge is 0.429 e. The minimum absolute atomic E-state index is 0.118. The second-order valence-electron chi connectivity index (χ2n) is 2.15. The third-order valence-corrected chi connectivity index (χ3v) is 1.17. The van der Waals surface area contributed by atoms with Crippen molar-refractivity contribution in [3.05, 3.63) is 25.3 Å². The Balaban J connectivity index is 0. The number of hydrogen-bond donors (Lipinski definition) is 1. The number of rotatable bonds is 7. The molecule has 0 saturated heterocycles. The van der Waals surface area contributed by atoms with E-state index in [1.807, 2.05) is 0 Å². The standard InChI is InChI=1S/C5H11BO2.C3H6BO2/c1-4-5-6(7-2)8-3;1-2-3-6-4-5/h4H,1,5H2,2-3H3;2,5H,1,3H2. The van der Waals surface area contributed by atoms with E-state index in [0.29, 0.717) is 14.3 Å². The van der Waals surface area contributed by atoms with Gasteiger partial charge in [0.2, 0.25) is 0 Å². The van der Waals surface area contributed by atoms with E-state index >= 15 is 0 Å². The van der Waals surface area contributed by atoms with Gasteiger partial charge in [0.05, 0.1) is 0 Å². The van der Waals surface area contributed by atoms with Crippen LogP contribution < -0.4 is 0 Å². The monoisotopic (exact) mass is 199 g/mol. The van der Waals surface area contributed by atoms with Crippen LogP contribution in [0.25, 0.3) is 0 Å². The molecule has 0 fully saturated rings. The molecule has 0 rings (SSSR count). The largest absolute Gasteiger partial charge is 0.485 e. The summed E-state index contributed by atoms with van der Waals surface area (Å²) in [6.07, 6.45) is 4.05. The molecule has 0 aliphatic heterocycles. The Morgan fingerprint density at radius 1 is 1.29 bits per heavy atom.